The van der Waals surface area contributed by atoms with Gasteiger partial charge in [0.25, 0.3) is 0 Å². The Hall–Kier alpha value is -0.480. The maximum absolute atomic E-state index is 4.19. The predicted molar refractivity (Wildman–Crippen MR) is 67.2 cm³/mol. The van der Waals surface area contributed by atoms with Crippen molar-refractivity contribution in [1.29, 1.82) is 0 Å². The minimum atomic E-state index is 0.385. The van der Waals surface area contributed by atoms with E-state index in [2.05, 4.69) is 36.7 Å². The molecule has 1 aromatic rings. The lowest BCUT2D eigenvalue weighted by atomic mass is 10.1. The van der Waals surface area contributed by atoms with Gasteiger partial charge >= 0.3 is 0 Å². The summed E-state index contributed by atoms with van der Waals surface area (Å²) in [5.74, 6) is 1.17. The first-order chi connectivity index (χ1) is 7.17. The van der Waals surface area contributed by atoms with E-state index in [4.69, 9.17) is 0 Å². The first-order valence-corrected chi connectivity index (χ1v) is 6.80. The van der Waals surface area contributed by atoms with Gasteiger partial charge in [0.15, 0.2) is 0 Å². The first-order valence-electron chi connectivity index (χ1n) is 5.40. The quantitative estimate of drug-likeness (QED) is 0.808. The normalized spacial score (nSPS) is 15.2. The molecule has 0 fully saturated rings. The third-order valence-electron chi connectivity index (χ3n) is 2.57. The molecule has 0 bridgehead atoms. The highest BCUT2D eigenvalue weighted by atomic mass is 32.2. The third-order valence-corrected chi connectivity index (χ3v) is 3.31. The van der Waals surface area contributed by atoms with Crippen molar-refractivity contribution >= 4 is 11.8 Å². The molecule has 2 unspecified atom stereocenters. The summed E-state index contributed by atoms with van der Waals surface area (Å²) in [6.45, 7) is 4.42. The smallest absolute Gasteiger partial charge is 0.0537 e. The summed E-state index contributed by atoms with van der Waals surface area (Å²) >= 11 is 1.89. The van der Waals surface area contributed by atoms with Crippen molar-refractivity contribution in [3.05, 3.63) is 18.0 Å². The molecule has 0 saturated heterocycles. The molecule has 15 heavy (non-hydrogen) atoms. The maximum Gasteiger partial charge on any atom is 0.0537 e. The Kier molecular flexibility index (Phi) is 5.19. The van der Waals surface area contributed by atoms with Crippen LogP contribution in [0.25, 0.3) is 0 Å². The SMILES string of the molecule is CCC(CSC)NC(C)c1cnn(C)c1. The van der Waals surface area contributed by atoms with Crippen LogP contribution >= 0.6 is 11.8 Å². The van der Waals surface area contributed by atoms with Gasteiger partial charge in [0.05, 0.1) is 6.20 Å². The molecule has 0 amide bonds. The van der Waals surface area contributed by atoms with Gasteiger partial charge in [-0.05, 0) is 19.6 Å². The van der Waals surface area contributed by atoms with E-state index in [1.165, 1.54) is 17.7 Å². The van der Waals surface area contributed by atoms with Crippen molar-refractivity contribution in [2.45, 2.75) is 32.4 Å². The molecule has 1 heterocycles. The van der Waals surface area contributed by atoms with Gasteiger partial charge in [-0.15, -0.1) is 0 Å². The number of hydrogen-bond donors (Lipinski definition) is 1. The maximum atomic E-state index is 4.19. The van der Waals surface area contributed by atoms with E-state index in [0.29, 0.717) is 12.1 Å². The molecule has 2 atom stereocenters. The number of nitrogens with one attached hydrogen (secondary N) is 1. The Labute approximate surface area is 96.6 Å². The van der Waals surface area contributed by atoms with Crippen LogP contribution in [0.4, 0.5) is 0 Å². The summed E-state index contributed by atoms with van der Waals surface area (Å²) in [5.41, 5.74) is 1.26. The van der Waals surface area contributed by atoms with E-state index in [1.54, 1.807) is 0 Å². The Morgan fingerprint density at radius 1 is 1.60 bits per heavy atom. The molecule has 0 spiro atoms. The number of nitrogens with zero attached hydrogens (tertiary/aromatic N) is 2. The monoisotopic (exact) mass is 227 g/mol. The average Bonchev–Trinajstić information content (AvgIpc) is 2.64. The highest BCUT2D eigenvalue weighted by Crippen LogP contribution is 2.13. The van der Waals surface area contributed by atoms with Crippen molar-refractivity contribution in [2.75, 3.05) is 12.0 Å². The van der Waals surface area contributed by atoms with Gasteiger partial charge in [0.2, 0.25) is 0 Å². The van der Waals surface area contributed by atoms with E-state index in [9.17, 15) is 0 Å². The molecule has 0 aliphatic carbocycles. The van der Waals surface area contributed by atoms with Crippen molar-refractivity contribution in [3.63, 3.8) is 0 Å². The summed E-state index contributed by atoms with van der Waals surface area (Å²) < 4.78 is 1.85. The fourth-order valence-electron chi connectivity index (χ4n) is 1.60. The molecule has 0 aliphatic heterocycles. The number of aromatic nitrogens is 2. The lowest BCUT2D eigenvalue weighted by molar-refractivity contribution is 0.474. The lowest BCUT2D eigenvalue weighted by Crippen LogP contribution is -2.32. The first kappa shape index (κ1) is 12.6. The van der Waals surface area contributed by atoms with Crippen molar-refractivity contribution in [1.82, 2.24) is 15.1 Å². The third kappa shape index (κ3) is 3.87. The van der Waals surface area contributed by atoms with E-state index in [-0.39, 0.29) is 0 Å². The summed E-state index contributed by atoms with van der Waals surface area (Å²) in [4.78, 5) is 0. The van der Waals surface area contributed by atoms with Gasteiger partial charge < -0.3 is 5.32 Å². The Bertz CT molecular complexity index is 285. The van der Waals surface area contributed by atoms with Crippen LogP contribution in [0.3, 0.4) is 0 Å². The van der Waals surface area contributed by atoms with E-state index < -0.39 is 0 Å². The van der Waals surface area contributed by atoms with Gasteiger partial charge in [-0.2, -0.15) is 16.9 Å². The van der Waals surface area contributed by atoms with Crippen molar-refractivity contribution in [3.8, 4) is 0 Å². The standard InChI is InChI=1S/C11H21N3S/c1-5-11(8-15-4)13-9(2)10-6-12-14(3)7-10/h6-7,9,11,13H,5,8H2,1-4H3. The highest BCUT2D eigenvalue weighted by molar-refractivity contribution is 7.98. The summed E-state index contributed by atoms with van der Waals surface area (Å²) in [6, 6.07) is 0.978. The summed E-state index contributed by atoms with van der Waals surface area (Å²) in [6.07, 6.45) is 7.33. The van der Waals surface area contributed by atoms with Crippen LogP contribution in [0.1, 0.15) is 31.9 Å². The molecule has 0 saturated carbocycles. The molecular weight excluding hydrogens is 206 g/mol. The molecule has 0 aliphatic rings. The Balaban J connectivity index is 2.50. The van der Waals surface area contributed by atoms with Crippen LogP contribution in [0, 0.1) is 0 Å². The lowest BCUT2D eigenvalue weighted by Gasteiger charge is -2.20. The van der Waals surface area contributed by atoms with Gasteiger partial charge in [-0.25, -0.2) is 0 Å². The second kappa shape index (κ2) is 6.18. The molecule has 1 rings (SSSR count). The minimum absolute atomic E-state index is 0.385. The molecule has 4 heteroatoms. The van der Waals surface area contributed by atoms with Crippen LogP contribution in [0.2, 0.25) is 0 Å². The number of aryl methyl sites for hydroxylation is 1. The second-order valence-electron chi connectivity index (χ2n) is 3.90. The fourth-order valence-corrected chi connectivity index (χ4v) is 2.33. The minimum Gasteiger partial charge on any atom is -0.307 e. The predicted octanol–water partition coefficient (Wildman–Crippen LogP) is 2.21. The largest absolute Gasteiger partial charge is 0.307 e. The zero-order valence-electron chi connectivity index (χ0n) is 10.0. The zero-order valence-corrected chi connectivity index (χ0v) is 10.8. The molecular formula is C11H21N3S. The zero-order chi connectivity index (χ0) is 11.3. The molecule has 0 radical (unpaired) electrons. The van der Waals surface area contributed by atoms with E-state index >= 15 is 0 Å². The van der Waals surface area contributed by atoms with Crippen LogP contribution in [-0.2, 0) is 7.05 Å². The Morgan fingerprint density at radius 3 is 2.80 bits per heavy atom. The molecule has 86 valence electrons. The van der Waals surface area contributed by atoms with E-state index in [0.717, 1.165) is 0 Å². The number of thioether (sulfide) groups is 1. The summed E-state index contributed by atoms with van der Waals surface area (Å²) in [7, 11) is 1.95. The molecule has 1 N–H and O–H groups in total. The van der Waals surface area contributed by atoms with Gasteiger partial charge in [-0.3, -0.25) is 4.68 Å². The number of rotatable bonds is 6. The van der Waals surface area contributed by atoms with Crippen LogP contribution < -0.4 is 5.32 Å². The van der Waals surface area contributed by atoms with Crippen LogP contribution in [0.15, 0.2) is 12.4 Å². The molecule has 3 nitrogen and oxygen atoms in total. The summed E-state index contributed by atoms with van der Waals surface area (Å²) in [5, 5.41) is 7.81. The Morgan fingerprint density at radius 2 is 2.33 bits per heavy atom. The van der Waals surface area contributed by atoms with E-state index in [1.807, 2.05) is 29.7 Å². The molecule has 0 aromatic carbocycles. The van der Waals surface area contributed by atoms with Crippen LogP contribution in [-0.4, -0.2) is 27.8 Å². The topological polar surface area (TPSA) is 29.9 Å². The van der Waals surface area contributed by atoms with Gasteiger partial charge in [0.1, 0.15) is 0 Å². The van der Waals surface area contributed by atoms with Crippen molar-refractivity contribution < 1.29 is 0 Å². The molecule has 1 aromatic heterocycles. The number of hydrogen-bond acceptors (Lipinski definition) is 3. The average molecular weight is 227 g/mol. The fraction of sp³-hybridized carbons (Fsp3) is 0.727. The van der Waals surface area contributed by atoms with Gasteiger partial charge in [0, 0.05) is 36.6 Å². The second-order valence-corrected chi connectivity index (χ2v) is 4.81. The van der Waals surface area contributed by atoms with Crippen LogP contribution in [0.5, 0.6) is 0 Å². The highest BCUT2D eigenvalue weighted by Gasteiger charge is 2.12. The van der Waals surface area contributed by atoms with Gasteiger partial charge in [-0.1, -0.05) is 6.92 Å². The van der Waals surface area contributed by atoms with Crippen molar-refractivity contribution in [2.24, 2.45) is 7.05 Å².